The van der Waals surface area contributed by atoms with Gasteiger partial charge in [0, 0.05) is 0 Å². The van der Waals surface area contributed by atoms with Crippen LogP contribution in [0.5, 0.6) is 0 Å². The lowest BCUT2D eigenvalue weighted by Crippen LogP contribution is -2.21. The number of rotatable bonds is 3. The first-order valence-corrected chi connectivity index (χ1v) is 4.23. The average molecular weight is 183 g/mol. The van der Waals surface area contributed by atoms with Gasteiger partial charge in [0.25, 0.3) is 0 Å². The van der Waals surface area contributed by atoms with Gasteiger partial charge in [0.05, 0.1) is 12.6 Å². The van der Waals surface area contributed by atoms with Crippen molar-refractivity contribution in [3.63, 3.8) is 0 Å². The Morgan fingerprint density at radius 2 is 2.23 bits per heavy atom. The van der Waals surface area contributed by atoms with Crippen molar-refractivity contribution in [2.45, 2.75) is 13.0 Å². The minimum absolute atomic E-state index is 0.0270. The summed E-state index contributed by atoms with van der Waals surface area (Å²) in [5.41, 5.74) is 1.40. The fraction of sp³-hybridized carbons (Fsp3) is 0.400. The van der Waals surface area contributed by atoms with Crippen LogP contribution in [0.25, 0.3) is 0 Å². The molecular weight excluding hydrogens is 169 g/mol. The molecule has 0 saturated heterocycles. The van der Waals surface area contributed by atoms with Gasteiger partial charge in [-0.15, -0.1) is 0 Å². The zero-order valence-electron chi connectivity index (χ0n) is 7.84. The van der Waals surface area contributed by atoms with Gasteiger partial charge < -0.3 is 10.4 Å². The topological polar surface area (TPSA) is 32.3 Å². The summed E-state index contributed by atoms with van der Waals surface area (Å²) in [5.74, 6) is -0.230. The Kier molecular flexibility index (Phi) is 3.39. The first kappa shape index (κ1) is 10.2. The van der Waals surface area contributed by atoms with Crippen LogP contribution in [-0.4, -0.2) is 18.8 Å². The third-order valence-corrected chi connectivity index (χ3v) is 2.22. The number of benzene rings is 1. The molecule has 0 aliphatic heterocycles. The Balaban J connectivity index is 3.05. The summed E-state index contributed by atoms with van der Waals surface area (Å²) >= 11 is 0. The molecule has 0 radical (unpaired) electrons. The molecule has 1 aromatic carbocycles. The van der Waals surface area contributed by atoms with Gasteiger partial charge in [0.1, 0.15) is 5.82 Å². The fourth-order valence-electron chi connectivity index (χ4n) is 1.35. The molecule has 2 nitrogen and oxygen atoms in total. The number of likely N-dealkylation sites (N-methyl/N-ethyl adjacent to an activating group) is 1. The van der Waals surface area contributed by atoms with E-state index < -0.39 is 0 Å². The number of hydrogen-bond acceptors (Lipinski definition) is 2. The van der Waals surface area contributed by atoms with Crippen molar-refractivity contribution >= 4 is 0 Å². The Labute approximate surface area is 77.4 Å². The molecular formula is C10H14FNO. The molecule has 0 aliphatic carbocycles. The van der Waals surface area contributed by atoms with E-state index in [0.717, 1.165) is 5.56 Å². The maximum atomic E-state index is 13.1. The van der Waals surface area contributed by atoms with E-state index in [0.29, 0.717) is 5.56 Å². The summed E-state index contributed by atoms with van der Waals surface area (Å²) in [6, 6.07) is 4.70. The van der Waals surface area contributed by atoms with Crippen LogP contribution in [-0.2, 0) is 0 Å². The van der Waals surface area contributed by atoms with Crippen molar-refractivity contribution in [2.75, 3.05) is 13.7 Å². The molecule has 2 N–H and O–H groups in total. The van der Waals surface area contributed by atoms with Gasteiger partial charge in [0.15, 0.2) is 0 Å². The van der Waals surface area contributed by atoms with Crippen LogP contribution in [0.3, 0.4) is 0 Å². The predicted octanol–water partition coefficient (Wildman–Crippen LogP) is 1.39. The molecule has 1 atom stereocenters. The molecule has 0 fully saturated rings. The second-order valence-electron chi connectivity index (χ2n) is 2.98. The van der Waals surface area contributed by atoms with Crippen LogP contribution in [0.4, 0.5) is 4.39 Å². The SMILES string of the molecule is CN[C@@H](CO)c1cccc(F)c1C. The van der Waals surface area contributed by atoms with Gasteiger partial charge in [-0.2, -0.15) is 0 Å². The van der Waals surface area contributed by atoms with Crippen LogP contribution in [0, 0.1) is 12.7 Å². The Hall–Kier alpha value is -0.930. The van der Waals surface area contributed by atoms with Gasteiger partial charge in [-0.25, -0.2) is 4.39 Å². The van der Waals surface area contributed by atoms with Gasteiger partial charge in [-0.1, -0.05) is 12.1 Å². The number of nitrogens with one attached hydrogen (secondary N) is 1. The largest absolute Gasteiger partial charge is 0.394 e. The normalized spacial score (nSPS) is 12.9. The van der Waals surface area contributed by atoms with E-state index in [9.17, 15) is 4.39 Å². The van der Waals surface area contributed by atoms with Gasteiger partial charge >= 0.3 is 0 Å². The molecule has 72 valence electrons. The summed E-state index contributed by atoms with van der Waals surface area (Å²) in [6.45, 7) is 1.69. The van der Waals surface area contributed by atoms with E-state index in [1.54, 1.807) is 20.0 Å². The number of halogens is 1. The maximum Gasteiger partial charge on any atom is 0.126 e. The van der Waals surface area contributed by atoms with Crippen molar-refractivity contribution in [1.29, 1.82) is 0 Å². The van der Waals surface area contributed by atoms with Gasteiger partial charge in [-0.3, -0.25) is 0 Å². The van der Waals surface area contributed by atoms with E-state index >= 15 is 0 Å². The van der Waals surface area contributed by atoms with Gasteiger partial charge in [0.2, 0.25) is 0 Å². The molecule has 0 heterocycles. The van der Waals surface area contributed by atoms with Crippen LogP contribution in [0.15, 0.2) is 18.2 Å². The van der Waals surface area contributed by atoms with Crippen LogP contribution < -0.4 is 5.32 Å². The second kappa shape index (κ2) is 4.35. The third-order valence-electron chi connectivity index (χ3n) is 2.22. The molecule has 0 unspecified atom stereocenters. The molecule has 0 amide bonds. The summed E-state index contributed by atoms with van der Waals surface area (Å²) in [7, 11) is 1.74. The van der Waals surface area contributed by atoms with E-state index in [1.165, 1.54) is 6.07 Å². The lowest BCUT2D eigenvalue weighted by atomic mass is 10.0. The summed E-state index contributed by atoms with van der Waals surface area (Å²) in [5, 5.41) is 11.9. The molecule has 1 rings (SSSR count). The van der Waals surface area contributed by atoms with Crippen molar-refractivity contribution in [3.8, 4) is 0 Å². The fourth-order valence-corrected chi connectivity index (χ4v) is 1.35. The van der Waals surface area contributed by atoms with E-state index in [-0.39, 0.29) is 18.5 Å². The van der Waals surface area contributed by atoms with E-state index in [2.05, 4.69) is 5.32 Å². The van der Waals surface area contributed by atoms with Crippen LogP contribution >= 0.6 is 0 Å². The predicted molar refractivity (Wildman–Crippen MR) is 50.0 cm³/mol. The molecule has 0 aromatic heterocycles. The van der Waals surface area contributed by atoms with Crippen molar-refractivity contribution in [3.05, 3.63) is 35.1 Å². The number of aliphatic hydroxyl groups excluding tert-OH is 1. The summed E-state index contributed by atoms with van der Waals surface area (Å²) in [4.78, 5) is 0. The molecule has 13 heavy (non-hydrogen) atoms. The summed E-state index contributed by atoms with van der Waals surface area (Å²) < 4.78 is 13.1. The molecule has 3 heteroatoms. The van der Waals surface area contributed by atoms with Crippen molar-refractivity contribution < 1.29 is 9.50 Å². The van der Waals surface area contributed by atoms with Crippen molar-refractivity contribution in [2.24, 2.45) is 0 Å². The highest BCUT2D eigenvalue weighted by molar-refractivity contribution is 5.30. The van der Waals surface area contributed by atoms with Crippen LogP contribution in [0.2, 0.25) is 0 Å². The standard InChI is InChI=1S/C10H14FNO/c1-7-8(10(6-13)12-2)4-3-5-9(7)11/h3-5,10,12-13H,6H2,1-2H3/t10-/m0/s1. The highest BCUT2D eigenvalue weighted by Crippen LogP contribution is 2.18. The maximum absolute atomic E-state index is 13.1. The molecule has 0 bridgehead atoms. The van der Waals surface area contributed by atoms with E-state index in [1.807, 2.05) is 6.07 Å². The van der Waals surface area contributed by atoms with Crippen molar-refractivity contribution in [1.82, 2.24) is 5.32 Å². The Bertz CT molecular complexity index is 284. The summed E-state index contributed by atoms with van der Waals surface area (Å²) in [6.07, 6.45) is 0. The second-order valence-corrected chi connectivity index (χ2v) is 2.98. The molecule has 0 saturated carbocycles. The number of aliphatic hydroxyl groups is 1. The molecule has 0 aliphatic rings. The monoisotopic (exact) mass is 183 g/mol. The zero-order valence-corrected chi connectivity index (χ0v) is 7.84. The zero-order chi connectivity index (χ0) is 9.84. The highest BCUT2D eigenvalue weighted by atomic mass is 19.1. The molecule has 0 spiro atoms. The lowest BCUT2D eigenvalue weighted by Gasteiger charge is -2.16. The molecule has 1 aromatic rings. The minimum atomic E-state index is -0.230. The first-order valence-electron chi connectivity index (χ1n) is 4.23. The minimum Gasteiger partial charge on any atom is -0.394 e. The van der Waals surface area contributed by atoms with E-state index in [4.69, 9.17) is 5.11 Å². The Morgan fingerprint density at radius 3 is 2.77 bits per heavy atom. The average Bonchev–Trinajstić information content (AvgIpc) is 2.14. The Morgan fingerprint density at radius 1 is 1.54 bits per heavy atom. The smallest absolute Gasteiger partial charge is 0.126 e. The lowest BCUT2D eigenvalue weighted by molar-refractivity contribution is 0.250. The quantitative estimate of drug-likeness (QED) is 0.742. The third kappa shape index (κ3) is 2.05. The van der Waals surface area contributed by atoms with Gasteiger partial charge in [-0.05, 0) is 31.2 Å². The number of hydrogen-bond donors (Lipinski definition) is 2. The first-order chi connectivity index (χ1) is 6.20. The highest BCUT2D eigenvalue weighted by Gasteiger charge is 2.11. The van der Waals surface area contributed by atoms with Crippen LogP contribution in [0.1, 0.15) is 17.2 Å².